The third-order valence-corrected chi connectivity index (χ3v) is 2.76. The van der Waals surface area contributed by atoms with Gasteiger partial charge in [-0.25, -0.2) is 4.98 Å². The van der Waals surface area contributed by atoms with Crippen LogP contribution in [0.5, 0.6) is 0 Å². The van der Waals surface area contributed by atoms with E-state index < -0.39 is 0 Å². The van der Waals surface area contributed by atoms with Gasteiger partial charge in [-0.2, -0.15) is 0 Å². The molecule has 76 valence electrons. The summed E-state index contributed by atoms with van der Waals surface area (Å²) in [6.07, 6.45) is 2.97. The number of hydrogen-bond donors (Lipinski definition) is 1. The quantitative estimate of drug-likeness (QED) is 0.817. The number of anilines is 1. The molecule has 0 unspecified atom stereocenters. The smallest absolute Gasteiger partial charge is 0.145 e. The Morgan fingerprint density at radius 2 is 2.50 bits per heavy atom. The second-order valence-electron chi connectivity index (χ2n) is 3.45. The molecule has 1 aromatic heterocycles. The highest BCUT2D eigenvalue weighted by Gasteiger charge is 2.24. The molecule has 1 aromatic rings. The number of nitrogens with zero attached hydrogens (tertiary/aromatic N) is 1. The van der Waals surface area contributed by atoms with Crippen LogP contribution >= 0.6 is 11.6 Å². The molecule has 0 radical (unpaired) electrons. The van der Waals surface area contributed by atoms with E-state index in [1.54, 1.807) is 6.20 Å². The lowest BCUT2D eigenvalue weighted by Gasteiger charge is -2.17. The van der Waals surface area contributed by atoms with Gasteiger partial charge in [-0.15, -0.1) is 0 Å². The number of nitrogens with one attached hydrogen (secondary N) is 1. The predicted octanol–water partition coefficient (Wildman–Crippen LogP) is 2.32. The van der Waals surface area contributed by atoms with Crippen molar-refractivity contribution in [2.45, 2.75) is 25.5 Å². The molecule has 3 nitrogen and oxygen atoms in total. The lowest BCUT2D eigenvalue weighted by molar-refractivity contribution is 0.121. The summed E-state index contributed by atoms with van der Waals surface area (Å²) in [5, 5.41) is 3.95. The first-order valence-electron chi connectivity index (χ1n) is 4.76. The molecule has 0 saturated carbocycles. The second-order valence-corrected chi connectivity index (χ2v) is 3.86. The summed E-state index contributed by atoms with van der Waals surface area (Å²) in [7, 11) is 0. The summed E-state index contributed by atoms with van der Waals surface area (Å²) < 4.78 is 5.44. The van der Waals surface area contributed by atoms with E-state index in [-0.39, 0.29) is 6.10 Å². The van der Waals surface area contributed by atoms with Gasteiger partial charge in [0.1, 0.15) is 5.82 Å². The number of aromatic nitrogens is 1. The van der Waals surface area contributed by atoms with Crippen LogP contribution in [0.1, 0.15) is 13.3 Å². The van der Waals surface area contributed by atoms with Crippen molar-refractivity contribution in [3.05, 3.63) is 23.4 Å². The van der Waals surface area contributed by atoms with Gasteiger partial charge in [0, 0.05) is 12.8 Å². The molecule has 2 heterocycles. The molecule has 0 amide bonds. The van der Waals surface area contributed by atoms with Crippen LogP contribution in [0, 0.1) is 0 Å². The topological polar surface area (TPSA) is 34.1 Å². The van der Waals surface area contributed by atoms with Crippen molar-refractivity contribution >= 4 is 17.4 Å². The van der Waals surface area contributed by atoms with E-state index in [2.05, 4.69) is 17.2 Å². The maximum absolute atomic E-state index is 5.98. The molecule has 1 fully saturated rings. The van der Waals surface area contributed by atoms with E-state index in [9.17, 15) is 0 Å². The second kappa shape index (κ2) is 4.15. The molecular formula is C10H13ClN2O. The zero-order valence-corrected chi connectivity index (χ0v) is 8.79. The third kappa shape index (κ3) is 1.99. The van der Waals surface area contributed by atoms with E-state index in [1.807, 2.05) is 12.1 Å². The minimum Gasteiger partial charge on any atom is -0.376 e. The maximum atomic E-state index is 5.98. The van der Waals surface area contributed by atoms with Crippen LogP contribution < -0.4 is 5.32 Å². The lowest BCUT2D eigenvalue weighted by atomic mass is 10.1. The largest absolute Gasteiger partial charge is 0.376 e. The van der Waals surface area contributed by atoms with Crippen LogP contribution in [0.3, 0.4) is 0 Å². The number of ether oxygens (including phenoxy) is 1. The van der Waals surface area contributed by atoms with Crippen LogP contribution in [0.2, 0.25) is 5.02 Å². The molecule has 0 aromatic carbocycles. The van der Waals surface area contributed by atoms with Gasteiger partial charge in [-0.05, 0) is 25.5 Å². The number of rotatable bonds is 2. The Morgan fingerprint density at radius 1 is 1.64 bits per heavy atom. The Balaban J connectivity index is 2.07. The Hall–Kier alpha value is -0.800. The summed E-state index contributed by atoms with van der Waals surface area (Å²) in [4.78, 5) is 4.18. The normalized spacial score (nSPS) is 26.4. The van der Waals surface area contributed by atoms with Gasteiger partial charge in [0.05, 0.1) is 17.2 Å². The lowest BCUT2D eigenvalue weighted by Crippen LogP contribution is -2.27. The highest BCUT2D eigenvalue weighted by atomic mass is 35.5. The van der Waals surface area contributed by atoms with E-state index in [0.717, 1.165) is 18.8 Å². The standard InChI is InChI=1S/C10H13ClN2O/c1-7-9(4-6-14-7)13-10-8(11)3-2-5-12-10/h2-3,5,7,9H,4,6H2,1H3,(H,12,13)/t7-,9-/m1/s1. The minimum absolute atomic E-state index is 0.230. The number of pyridine rings is 1. The van der Waals surface area contributed by atoms with Crippen molar-refractivity contribution < 1.29 is 4.74 Å². The van der Waals surface area contributed by atoms with Crippen molar-refractivity contribution in [3.63, 3.8) is 0 Å². The summed E-state index contributed by atoms with van der Waals surface area (Å²) in [6, 6.07) is 3.97. The van der Waals surface area contributed by atoms with Crippen molar-refractivity contribution in [1.82, 2.24) is 4.98 Å². The molecule has 2 rings (SSSR count). The predicted molar refractivity (Wildman–Crippen MR) is 56.7 cm³/mol. The maximum Gasteiger partial charge on any atom is 0.145 e. The van der Waals surface area contributed by atoms with Crippen molar-refractivity contribution in [3.8, 4) is 0 Å². The third-order valence-electron chi connectivity index (χ3n) is 2.46. The van der Waals surface area contributed by atoms with Gasteiger partial charge in [0.2, 0.25) is 0 Å². The SMILES string of the molecule is C[C@H]1OCC[C@H]1Nc1ncccc1Cl. The summed E-state index contributed by atoms with van der Waals surface area (Å²) in [5.74, 6) is 0.747. The van der Waals surface area contributed by atoms with E-state index in [4.69, 9.17) is 16.3 Å². The minimum atomic E-state index is 0.230. The van der Waals surface area contributed by atoms with Gasteiger partial charge in [0.15, 0.2) is 0 Å². The van der Waals surface area contributed by atoms with Gasteiger partial charge in [-0.3, -0.25) is 0 Å². The van der Waals surface area contributed by atoms with Crippen LogP contribution in [0.4, 0.5) is 5.82 Å². The van der Waals surface area contributed by atoms with Crippen molar-refractivity contribution in [1.29, 1.82) is 0 Å². The summed E-state index contributed by atoms with van der Waals surface area (Å²) >= 11 is 5.98. The fourth-order valence-corrected chi connectivity index (χ4v) is 1.76. The molecule has 1 N–H and O–H groups in total. The van der Waals surface area contributed by atoms with E-state index in [0.29, 0.717) is 11.1 Å². The highest BCUT2D eigenvalue weighted by Crippen LogP contribution is 2.22. The molecule has 0 aliphatic carbocycles. The average molecular weight is 213 g/mol. The molecule has 2 atom stereocenters. The molecular weight excluding hydrogens is 200 g/mol. The van der Waals surface area contributed by atoms with Crippen LogP contribution in [0.15, 0.2) is 18.3 Å². The zero-order valence-electron chi connectivity index (χ0n) is 8.03. The van der Waals surface area contributed by atoms with Gasteiger partial charge < -0.3 is 10.1 Å². The number of hydrogen-bond acceptors (Lipinski definition) is 3. The van der Waals surface area contributed by atoms with Gasteiger partial charge in [0.25, 0.3) is 0 Å². The fraction of sp³-hybridized carbons (Fsp3) is 0.500. The van der Waals surface area contributed by atoms with E-state index >= 15 is 0 Å². The average Bonchev–Trinajstić information content (AvgIpc) is 2.56. The Bertz CT molecular complexity index is 319. The molecule has 1 saturated heterocycles. The first-order valence-corrected chi connectivity index (χ1v) is 5.14. The highest BCUT2D eigenvalue weighted by molar-refractivity contribution is 6.32. The molecule has 0 bridgehead atoms. The molecule has 0 spiro atoms. The van der Waals surface area contributed by atoms with Gasteiger partial charge in [-0.1, -0.05) is 11.6 Å². The Kier molecular flexibility index (Phi) is 2.89. The monoisotopic (exact) mass is 212 g/mol. The molecule has 4 heteroatoms. The zero-order chi connectivity index (χ0) is 9.97. The van der Waals surface area contributed by atoms with Crippen molar-refractivity contribution in [2.24, 2.45) is 0 Å². The van der Waals surface area contributed by atoms with Crippen LogP contribution in [-0.2, 0) is 4.74 Å². The Labute approximate surface area is 88.4 Å². The molecule has 14 heavy (non-hydrogen) atoms. The summed E-state index contributed by atoms with van der Waals surface area (Å²) in [5.41, 5.74) is 0. The first-order chi connectivity index (χ1) is 6.77. The fourth-order valence-electron chi connectivity index (χ4n) is 1.59. The number of halogens is 1. The van der Waals surface area contributed by atoms with E-state index in [1.165, 1.54) is 0 Å². The first kappa shape index (κ1) is 9.74. The van der Waals surface area contributed by atoms with Crippen molar-refractivity contribution in [2.75, 3.05) is 11.9 Å². The summed E-state index contributed by atoms with van der Waals surface area (Å²) in [6.45, 7) is 2.87. The van der Waals surface area contributed by atoms with Crippen LogP contribution in [-0.4, -0.2) is 23.7 Å². The van der Waals surface area contributed by atoms with Gasteiger partial charge >= 0.3 is 0 Å². The molecule has 1 aliphatic heterocycles. The molecule has 1 aliphatic rings. The Morgan fingerprint density at radius 3 is 3.14 bits per heavy atom. The van der Waals surface area contributed by atoms with Crippen LogP contribution in [0.25, 0.3) is 0 Å².